The summed E-state index contributed by atoms with van der Waals surface area (Å²) < 4.78 is 0. The molecule has 0 amide bonds. The fourth-order valence-corrected chi connectivity index (χ4v) is 8.14. The fraction of sp³-hybridized carbons (Fsp3) is 0.333. The zero-order valence-corrected chi connectivity index (χ0v) is 19.1. The van der Waals surface area contributed by atoms with Gasteiger partial charge in [0.25, 0.3) is 0 Å². The normalized spacial score (nSPS) is 15.3. The van der Waals surface area contributed by atoms with E-state index >= 15 is 0 Å². The van der Waals surface area contributed by atoms with E-state index in [2.05, 4.69) is 53.9 Å². The van der Waals surface area contributed by atoms with Gasteiger partial charge in [-0.25, -0.2) is 0 Å². The summed E-state index contributed by atoms with van der Waals surface area (Å²) in [5.41, 5.74) is 0. The van der Waals surface area contributed by atoms with Crippen LogP contribution in [0, 0.1) is 5.92 Å². The highest BCUT2D eigenvalue weighted by Crippen LogP contribution is 2.42. The lowest BCUT2D eigenvalue weighted by atomic mass is 9.86. The van der Waals surface area contributed by atoms with E-state index in [0.29, 0.717) is 0 Å². The van der Waals surface area contributed by atoms with Gasteiger partial charge >= 0.3 is 0 Å². The molecule has 1 saturated carbocycles. The van der Waals surface area contributed by atoms with Gasteiger partial charge in [-0.05, 0) is 66.6 Å². The van der Waals surface area contributed by atoms with Gasteiger partial charge in [-0.2, -0.15) is 0 Å². The SMILES string of the molecule is c1csc(-c2ccc(-c3ccc(-c4ccc(CCC5CCCCC5)s4)s3)s2)c1. The largest absolute Gasteiger partial charge is 0.143 e. The van der Waals surface area contributed by atoms with E-state index in [0.717, 1.165) is 5.92 Å². The maximum Gasteiger partial charge on any atom is 0.0449 e. The first-order chi connectivity index (χ1) is 13.8. The average Bonchev–Trinajstić information content (AvgIpc) is 3.53. The van der Waals surface area contributed by atoms with Crippen molar-refractivity contribution in [3.05, 3.63) is 58.8 Å². The Bertz CT molecular complexity index is 1010. The zero-order valence-electron chi connectivity index (χ0n) is 15.9. The van der Waals surface area contributed by atoms with E-state index in [4.69, 9.17) is 0 Å². The highest BCUT2D eigenvalue weighted by molar-refractivity contribution is 7.28. The van der Waals surface area contributed by atoms with Crippen LogP contribution >= 0.6 is 45.3 Å². The van der Waals surface area contributed by atoms with Gasteiger partial charge in [-0.15, -0.1) is 45.3 Å². The summed E-state index contributed by atoms with van der Waals surface area (Å²) in [5.74, 6) is 0.976. The van der Waals surface area contributed by atoms with Gasteiger partial charge in [0.05, 0.1) is 0 Å². The van der Waals surface area contributed by atoms with Gasteiger partial charge in [0.1, 0.15) is 0 Å². The Morgan fingerprint density at radius 2 is 1.25 bits per heavy atom. The molecular formula is C24H24S4. The Morgan fingerprint density at radius 3 is 1.89 bits per heavy atom. The Kier molecular flexibility index (Phi) is 5.82. The smallest absolute Gasteiger partial charge is 0.0449 e. The molecule has 0 spiro atoms. The maximum absolute atomic E-state index is 2.36. The summed E-state index contributed by atoms with van der Waals surface area (Å²) in [7, 11) is 0. The zero-order chi connectivity index (χ0) is 18.8. The Hall–Kier alpha value is -1.20. The minimum atomic E-state index is 0.976. The third-order valence-electron chi connectivity index (χ3n) is 5.65. The van der Waals surface area contributed by atoms with E-state index in [9.17, 15) is 0 Å². The molecule has 4 aromatic heterocycles. The van der Waals surface area contributed by atoms with Crippen LogP contribution in [0.3, 0.4) is 0 Å². The molecule has 0 atom stereocenters. The number of thiophene rings is 4. The highest BCUT2D eigenvalue weighted by atomic mass is 32.1. The van der Waals surface area contributed by atoms with Crippen LogP contribution in [-0.4, -0.2) is 0 Å². The van der Waals surface area contributed by atoms with Crippen molar-refractivity contribution in [2.45, 2.75) is 44.9 Å². The predicted molar refractivity (Wildman–Crippen MR) is 129 cm³/mol. The molecule has 0 bridgehead atoms. The van der Waals surface area contributed by atoms with Crippen LogP contribution in [0.1, 0.15) is 43.4 Å². The van der Waals surface area contributed by atoms with Crippen LogP contribution in [0.4, 0.5) is 0 Å². The van der Waals surface area contributed by atoms with Crippen molar-refractivity contribution >= 4 is 45.3 Å². The summed E-state index contributed by atoms with van der Waals surface area (Å²) in [6.45, 7) is 0. The van der Waals surface area contributed by atoms with E-state index in [1.807, 2.05) is 45.3 Å². The number of hydrogen-bond acceptors (Lipinski definition) is 4. The highest BCUT2D eigenvalue weighted by Gasteiger charge is 2.14. The summed E-state index contributed by atoms with van der Waals surface area (Å²) >= 11 is 7.66. The molecule has 4 heteroatoms. The third kappa shape index (κ3) is 4.20. The van der Waals surface area contributed by atoms with Crippen LogP contribution in [-0.2, 0) is 6.42 Å². The van der Waals surface area contributed by atoms with E-state index in [-0.39, 0.29) is 0 Å². The van der Waals surface area contributed by atoms with Crippen molar-refractivity contribution in [2.24, 2.45) is 5.92 Å². The van der Waals surface area contributed by atoms with Gasteiger partial charge in [-0.3, -0.25) is 0 Å². The van der Waals surface area contributed by atoms with Gasteiger partial charge in [-0.1, -0.05) is 38.2 Å². The van der Waals surface area contributed by atoms with E-state index in [1.165, 1.54) is 74.2 Å². The van der Waals surface area contributed by atoms with Crippen LogP contribution in [0.5, 0.6) is 0 Å². The van der Waals surface area contributed by atoms with Crippen LogP contribution in [0.25, 0.3) is 29.3 Å². The Labute approximate surface area is 183 Å². The molecule has 1 aliphatic rings. The van der Waals surface area contributed by atoms with Crippen molar-refractivity contribution in [2.75, 3.05) is 0 Å². The minimum Gasteiger partial charge on any atom is -0.143 e. The second kappa shape index (κ2) is 8.66. The topological polar surface area (TPSA) is 0 Å². The summed E-state index contributed by atoms with van der Waals surface area (Å²) in [4.78, 5) is 9.93. The molecule has 4 aromatic rings. The first-order valence-corrected chi connectivity index (χ1v) is 13.5. The van der Waals surface area contributed by atoms with Gasteiger partial charge < -0.3 is 0 Å². The van der Waals surface area contributed by atoms with Gasteiger partial charge in [0, 0.05) is 34.1 Å². The molecule has 4 heterocycles. The minimum absolute atomic E-state index is 0.976. The van der Waals surface area contributed by atoms with Crippen LogP contribution in [0.15, 0.2) is 53.9 Å². The first kappa shape index (κ1) is 18.8. The van der Waals surface area contributed by atoms with Crippen LogP contribution < -0.4 is 0 Å². The standard InChI is InChI=1S/C24H24S4/c1-2-5-17(6-3-1)8-9-18-10-11-21(26-18)22-14-15-24(28-22)23-13-12-20(27-23)19-7-4-16-25-19/h4,7,10-17H,1-3,5-6,8-9H2. The lowest BCUT2D eigenvalue weighted by Gasteiger charge is -2.20. The molecule has 1 fully saturated rings. The molecule has 0 nitrogen and oxygen atoms in total. The molecule has 144 valence electrons. The molecule has 28 heavy (non-hydrogen) atoms. The first-order valence-electron chi connectivity index (χ1n) is 10.2. The number of rotatable bonds is 6. The molecule has 0 unspecified atom stereocenters. The molecular weight excluding hydrogens is 417 g/mol. The predicted octanol–water partition coefficient (Wildman–Crippen LogP) is 9.45. The molecule has 5 rings (SSSR count). The second-order valence-electron chi connectivity index (χ2n) is 7.61. The number of hydrogen-bond donors (Lipinski definition) is 0. The summed E-state index contributed by atoms with van der Waals surface area (Å²) in [6.07, 6.45) is 9.94. The van der Waals surface area contributed by atoms with Crippen molar-refractivity contribution in [1.29, 1.82) is 0 Å². The van der Waals surface area contributed by atoms with E-state index < -0.39 is 0 Å². The summed E-state index contributed by atoms with van der Waals surface area (Å²) in [5, 5.41) is 2.15. The number of aryl methyl sites for hydroxylation is 1. The molecule has 0 aliphatic heterocycles. The third-order valence-corrected chi connectivity index (χ3v) is 10.4. The van der Waals surface area contributed by atoms with Gasteiger partial charge in [0.15, 0.2) is 0 Å². The maximum atomic E-state index is 2.36. The fourth-order valence-electron chi connectivity index (χ4n) is 4.09. The Balaban J connectivity index is 1.27. The lowest BCUT2D eigenvalue weighted by Crippen LogP contribution is -2.06. The monoisotopic (exact) mass is 440 g/mol. The van der Waals surface area contributed by atoms with Crippen LogP contribution in [0.2, 0.25) is 0 Å². The summed E-state index contributed by atoms with van der Waals surface area (Å²) in [6, 6.07) is 18.2. The Morgan fingerprint density at radius 1 is 0.643 bits per heavy atom. The second-order valence-corrected chi connectivity index (χ2v) is 11.9. The average molecular weight is 441 g/mol. The van der Waals surface area contributed by atoms with Crippen molar-refractivity contribution < 1.29 is 0 Å². The molecule has 0 N–H and O–H groups in total. The lowest BCUT2D eigenvalue weighted by molar-refractivity contribution is 0.340. The van der Waals surface area contributed by atoms with Crippen molar-refractivity contribution in [1.82, 2.24) is 0 Å². The molecule has 0 radical (unpaired) electrons. The molecule has 1 aliphatic carbocycles. The molecule has 0 saturated heterocycles. The van der Waals surface area contributed by atoms with Crippen molar-refractivity contribution in [3.8, 4) is 29.3 Å². The van der Waals surface area contributed by atoms with Gasteiger partial charge in [0.2, 0.25) is 0 Å². The van der Waals surface area contributed by atoms with E-state index in [1.54, 1.807) is 4.88 Å². The molecule has 0 aromatic carbocycles. The van der Waals surface area contributed by atoms with Crippen molar-refractivity contribution in [3.63, 3.8) is 0 Å². The quantitative estimate of drug-likeness (QED) is 0.280.